The van der Waals surface area contributed by atoms with Gasteiger partial charge in [0, 0.05) is 56.4 Å². The molecule has 0 radical (unpaired) electrons. The number of nitrogens with two attached hydrogens (primary N) is 1. The minimum absolute atomic E-state index is 0.120. The topological polar surface area (TPSA) is 124 Å². The Kier molecular flexibility index (Phi) is 7.53. The second kappa shape index (κ2) is 11.0. The second-order valence-electron chi connectivity index (χ2n) is 9.53. The van der Waals surface area contributed by atoms with E-state index >= 15 is 0 Å². The number of halogens is 3. The molecule has 1 aliphatic rings. The first-order valence-electron chi connectivity index (χ1n) is 12.7. The molecule has 0 unspecified atom stereocenters. The number of amides is 1. The van der Waals surface area contributed by atoms with Gasteiger partial charge in [-0.15, -0.1) is 0 Å². The number of hydrogen-bond donors (Lipinski definition) is 3. The van der Waals surface area contributed by atoms with Gasteiger partial charge < -0.3 is 21.1 Å². The summed E-state index contributed by atoms with van der Waals surface area (Å²) >= 11 is 0. The Hall–Kier alpha value is -3.97. The van der Waals surface area contributed by atoms with Crippen molar-refractivity contribution >= 4 is 23.1 Å². The summed E-state index contributed by atoms with van der Waals surface area (Å²) in [6, 6.07) is 4.07. The quantitative estimate of drug-likeness (QED) is 0.233. The van der Waals surface area contributed by atoms with Gasteiger partial charge in [-0.25, -0.2) is 14.4 Å². The monoisotopic (exact) mass is 542 g/mol. The van der Waals surface area contributed by atoms with E-state index in [1.54, 1.807) is 21.5 Å². The van der Waals surface area contributed by atoms with Crippen molar-refractivity contribution in [1.29, 1.82) is 0 Å². The first kappa shape index (κ1) is 26.6. The molecule has 0 aliphatic heterocycles. The van der Waals surface area contributed by atoms with Crippen LogP contribution in [0.4, 0.5) is 24.7 Å². The Morgan fingerprint density at radius 1 is 1.26 bits per heavy atom. The van der Waals surface area contributed by atoms with Gasteiger partial charge in [0.05, 0.1) is 30.7 Å². The standard InChI is InChI=1S/C26H29F3N8O2/c1-26(28,29)22-19(15-36(35-22)14-16-2-3-16)21-13-33-24-23(31-7-9-37(21)24)34-17-4-5-18(20(27)12-17)25(38)32-8-11-39-10-6-30/h4-5,7,9,12-13,15-16H,2-3,6,8,10-11,14,30H2,1H3,(H,31,34)(H,32,38). The zero-order valence-electron chi connectivity index (χ0n) is 21.3. The number of anilines is 2. The molecule has 0 spiro atoms. The maximum Gasteiger partial charge on any atom is 0.289 e. The summed E-state index contributed by atoms with van der Waals surface area (Å²) in [6.07, 6.45) is 8.36. The number of fused-ring (bicyclic) bond motifs is 1. The van der Waals surface area contributed by atoms with Gasteiger partial charge in [-0.05, 0) is 37.0 Å². The number of ether oxygens (including phenoxy) is 1. The molecule has 5 rings (SSSR count). The molecule has 0 bridgehead atoms. The highest BCUT2D eigenvalue weighted by Gasteiger charge is 2.34. The summed E-state index contributed by atoms with van der Waals surface area (Å²) < 4.78 is 52.1. The molecule has 10 nitrogen and oxygen atoms in total. The summed E-state index contributed by atoms with van der Waals surface area (Å²) in [4.78, 5) is 21.0. The molecule has 4 N–H and O–H groups in total. The molecule has 0 atom stereocenters. The zero-order chi connectivity index (χ0) is 27.6. The van der Waals surface area contributed by atoms with Crippen LogP contribution >= 0.6 is 0 Å². The Morgan fingerprint density at radius 2 is 2.08 bits per heavy atom. The maximum atomic E-state index is 14.8. The summed E-state index contributed by atoms with van der Waals surface area (Å²) in [5, 5.41) is 9.78. The largest absolute Gasteiger partial charge is 0.378 e. The second-order valence-corrected chi connectivity index (χ2v) is 9.53. The van der Waals surface area contributed by atoms with Crippen molar-refractivity contribution in [2.45, 2.75) is 32.2 Å². The Morgan fingerprint density at radius 3 is 2.79 bits per heavy atom. The van der Waals surface area contributed by atoms with Crippen molar-refractivity contribution in [2.75, 3.05) is 31.6 Å². The molecule has 1 saturated carbocycles. The van der Waals surface area contributed by atoms with Crippen LogP contribution in [0.3, 0.4) is 0 Å². The van der Waals surface area contributed by atoms with Crippen molar-refractivity contribution in [3.8, 4) is 11.3 Å². The Bertz CT molecular complexity index is 1480. The average Bonchev–Trinajstić information content (AvgIpc) is 3.42. The summed E-state index contributed by atoms with van der Waals surface area (Å²) in [5.41, 5.74) is 6.30. The number of imidazole rings is 1. The minimum atomic E-state index is -3.15. The van der Waals surface area contributed by atoms with Gasteiger partial charge in [-0.2, -0.15) is 13.9 Å². The lowest BCUT2D eigenvalue weighted by molar-refractivity contribution is 0.0126. The van der Waals surface area contributed by atoms with Crippen molar-refractivity contribution in [3.05, 3.63) is 60.1 Å². The minimum Gasteiger partial charge on any atom is -0.378 e. The third kappa shape index (κ3) is 6.04. The molecular formula is C26H29F3N8O2. The van der Waals surface area contributed by atoms with Crippen molar-refractivity contribution < 1.29 is 22.7 Å². The van der Waals surface area contributed by atoms with Crippen LogP contribution in [0, 0.1) is 11.7 Å². The third-order valence-corrected chi connectivity index (χ3v) is 6.29. The van der Waals surface area contributed by atoms with Gasteiger partial charge in [0.25, 0.3) is 11.8 Å². The van der Waals surface area contributed by atoms with E-state index in [9.17, 15) is 18.0 Å². The molecule has 3 aromatic heterocycles. The van der Waals surface area contributed by atoms with E-state index in [-0.39, 0.29) is 35.8 Å². The maximum absolute atomic E-state index is 14.8. The van der Waals surface area contributed by atoms with Gasteiger partial charge in [-0.3, -0.25) is 13.9 Å². The van der Waals surface area contributed by atoms with Crippen LogP contribution in [-0.2, 0) is 17.2 Å². The summed E-state index contributed by atoms with van der Waals surface area (Å²) in [7, 11) is 0. The van der Waals surface area contributed by atoms with Crippen molar-refractivity contribution in [2.24, 2.45) is 11.7 Å². The molecule has 1 amide bonds. The highest BCUT2D eigenvalue weighted by Crippen LogP contribution is 2.37. The normalized spacial score (nSPS) is 13.7. The van der Waals surface area contributed by atoms with Crippen LogP contribution in [0.25, 0.3) is 16.9 Å². The van der Waals surface area contributed by atoms with Crippen molar-refractivity contribution in [3.63, 3.8) is 0 Å². The van der Waals surface area contributed by atoms with Crippen LogP contribution in [0.15, 0.2) is 43.0 Å². The molecule has 0 saturated heterocycles. The summed E-state index contributed by atoms with van der Waals surface area (Å²) in [6.45, 7) is 2.66. The molecule has 1 aromatic carbocycles. The average molecular weight is 543 g/mol. The van der Waals surface area contributed by atoms with Crippen LogP contribution < -0.4 is 16.4 Å². The molecule has 1 fully saturated rings. The third-order valence-electron chi connectivity index (χ3n) is 6.29. The smallest absolute Gasteiger partial charge is 0.289 e. The fourth-order valence-corrected chi connectivity index (χ4v) is 4.23. The highest BCUT2D eigenvalue weighted by atomic mass is 19.3. The number of aromatic nitrogens is 5. The number of rotatable bonds is 12. The van der Waals surface area contributed by atoms with E-state index in [1.165, 1.54) is 30.6 Å². The molecule has 206 valence electrons. The molecule has 13 heteroatoms. The first-order chi connectivity index (χ1) is 18.7. The lowest BCUT2D eigenvalue weighted by Gasteiger charge is -2.11. The first-order valence-corrected chi connectivity index (χ1v) is 12.7. The van der Waals surface area contributed by atoms with E-state index in [0.29, 0.717) is 42.6 Å². The highest BCUT2D eigenvalue weighted by molar-refractivity contribution is 5.95. The molecular weight excluding hydrogens is 513 g/mol. The predicted octanol–water partition coefficient (Wildman–Crippen LogP) is 3.70. The number of carbonyl (C=O) groups is 1. The van der Waals surface area contributed by atoms with E-state index in [0.717, 1.165) is 19.8 Å². The predicted molar refractivity (Wildman–Crippen MR) is 138 cm³/mol. The number of hydrogen-bond acceptors (Lipinski definition) is 7. The molecule has 39 heavy (non-hydrogen) atoms. The van der Waals surface area contributed by atoms with E-state index in [2.05, 4.69) is 25.7 Å². The lowest BCUT2D eigenvalue weighted by atomic mass is 10.1. The number of alkyl halides is 2. The SMILES string of the molecule is CC(F)(F)c1nn(CC2CC2)cc1-c1cnc2c(Nc3ccc(C(=O)NCCOCCN)c(F)c3)nccn12. The molecule has 3 heterocycles. The van der Waals surface area contributed by atoms with Gasteiger partial charge in [0.2, 0.25) is 0 Å². The van der Waals surface area contributed by atoms with Gasteiger partial charge in [0.15, 0.2) is 11.5 Å². The van der Waals surface area contributed by atoms with Gasteiger partial charge >= 0.3 is 0 Å². The van der Waals surface area contributed by atoms with Gasteiger partial charge in [-0.1, -0.05) is 0 Å². The zero-order valence-corrected chi connectivity index (χ0v) is 21.3. The fraction of sp³-hybridized carbons (Fsp3) is 0.385. The van der Waals surface area contributed by atoms with Crippen LogP contribution in [0.5, 0.6) is 0 Å². The molecule has 4 aromatic rings. The Balaban J connectivity index is 1.37. The summed E-state index contributed by atoms with van der Waals surface area (Å²) in [5.74, 6) is -3.70. The number of carbonyl (C=O) groups excluding carboxylic acids is 1. The van der Waals surface area contributed by atoms with E-state index in [4.69, 9.17) is 10.5 Å². The van der Waals surface area contributed by atoms with E-state index < -0.39 is 17.6 Å². The fourth-order valence-electron chi connectivity index (χ4n) is 4.23. The molecule has 1 aliphatic carbocycles. The number of benzene rings is 1. The van der Waals surface area contributed by atoms with Crippen LogP contribution in [0.2, 0.25) is 0 Å². The van der Waals surface area contributed by atoms with Crippen LogP contribution in [-0.4, -0.2) is 56.4 Å². The van der Waals surface area contributed by atoms with Gasteiger partial charge in [0.1, 0.15) is 11.5 Å². The van der Waals surface area contributed by atoms with E-state index in [1.807, 2.05) is 0 Å². The lowest BCUT2D eigenvalue weighted by Crippen LogP contribution is -2.28. The van der Waals surface area contributed by atoms with Crippen molar-refractivity contribution in [1.82, 2.24) is 29.5 Å². The number of nitrogens with zero attached hydrogens (tertiary/aromatic N) is 5. The number of nitrogens with one attached hydrogen (secondary N) is 2. The van der Waals surface area contributed by atoms with Crippen LogP contribution in [0.1, 0.15) is 35.8 Å². The Labute approximate surface area is 222 Å².